The van der Waals surface area contributed by atoms with Crippen molar-refractivity contribution in [3.05, 3.63) is 82.8 Å². The van der Waals surface area contributed by atoms with Crippen molar-refractivity contribution >= 4 is 21.5 Å². The maximum Gasteiger partial charge on any atom is 0.416 e. The van der Waals surface area contributed by atoms with E-state index in [-0.39, 0.29) is 16.6 Å². The number of alkyl halides is 3. The SMILES string of the molecule is O=S(=O)(Nc1cccc(F)n1)c1ccc2c(c1)CC[C@H]2c1ccc(C(F)(F)F)cc1N1CCOCC1. The van der Waals surface area contributed by atoms with Gasteiger partial charge in [-0.1, -0.05) is 18.2 Å². The Bertz CT molecular complexity index is 1390. The van der Waals surface area contributed by atoms with Gasteiger partial charge in [-0.05, 0) is 65.9 Å². The average molecular weight is 522 g/mol. The fourth-order valence-corrected chi connectivity index (χ4v) is 5.89. The van der Waals surface area contributed by atoms with Gasteiger partial charge < -0.3 is 9.64 Å². The Labute approximate surface area is 206 Å². The lowest BCUT2D eigenvalue weighted by Crippen LogP contribution is -2.37. The normalized spacial score (nSPS) is 18.2. The van der Waals surface area contributed by atoms with Crippen molar-refractivity contribution in [2.75, 3.05) is 35.9 Å². The van der Waals surface area contributed by atoms with Crippen LogP contribution in [0.25, 0.3) is 0 Å². The minimum atomic E-state index is -4.46. The topological polar surface area (TPSA) is 71.5 Å². The van der Waals surface area contributed by atoms with E-state index in [4.69, 9.17) is 4.74 Å². The van der Waals surface area contributed by atoms with Crippen molar-refractivity contribution in [1.29, 1.82) is 0 Å². The summed E-state index contributed by atoms with van der Waals surface area (Å²) >= 11 is 0. The number of benzene rings is 2. The summed E-state index contributed by atoms with van der Waals surface area (Å²) in [6.45, 7) is 1.85. The summed E-state index contributed by atoms with van der Waals surface area (Å²) in [7, 11) is -4.01. The molecule has 0 saturated carbocycles. The number of fused-ring (bicyclic) bond motifs is 1. The van der Waals surface area contributed by atoms with E-state index in [1.807, 2.05) is 4.90 Å². The molecule has 1 aliphatic carbocycles. The number of aromatic nitrogens is 1. The Morgan fingerprint density at radius 2 is 1.75 bits per heavy atom. The van der Waals surface area contributed by atoms with Gasteiger partial charge in [-0.3, -0.25) is 4.72 Å². The number of anilines is 2. The second-order valence-electron chi connectivity index (χ2n) is 8.77. The molecule has 0 radical (unpaired) electrons. The van der Waals surface area contributed by atoms with Crippen LogP contribution in [0.5, 0.6) is 0 Å². The number of morpholine rings is 1. The highest BCUT2D eigenvalue weighted by molar-refractivity contribution is 7.92. The maximum atomic E-state index is 13.5. The molecule has 1 saturated heterocycles. The van der Waals surface area contributed by atoms with Crippen LogP contribution in [0.2, 0.25) is 0 Å². The summed E-state index contributed by atoms with van der Waals surface area (Å²) in [6, 6.07) is 12.4. The highest BCUT2D eigenvalue weighted by Crippen LogP contribution is 2.44. The number of aryl methyl sites for hydroxylation is 1. The quantitative estimate of drug-likeness (QED) is 0.380. The molecular weight excluding hydrogens is 498 g/mol. The van der Waals surface area contributed by atoms with Crippen LogP contribution in [0.4, 0.5) is 29.1 Å². The van der Waals surface area contributed by atoms with Gasteiger partial charge in [-0.15, -0.1) is 0 Å². The second kappa shape index (κ2) is 9.36. The lowest BCUT2D eigenvalue weighted by molar-refractivity contribution is -0.137. The molecule has 1 N–H and O–H groups in total. The van der Waals surface area contributed by atoms with Crippen molar-refractivity contribution in [2.45, 2.75) is 29.8 Å². The van der Waals surface area contributed by atoms with E-state index in [0.29, 0.717) is 44.8 Å². The van der Waals surface area contributed by atoms with Crippen molar-refractivity contribution in [2.24, 2.45) is 0 Å². The van der Waals surface area contributed by atoms with Gasteiger partial charge in [0.15, 0.2) is 0 Å². The van der Waals surface area contributed by atoms with Gasteiger partial charge >= 0.3 is 6.18 Å². The Morgan fingerprint density at radius 1 is 1.00 bits per heavy atom. The smallest absolute Gasteiger partial charge is 0.378 e. The molecule has 2 aromatic carbocycles. The molecular formula is C25H23F4N3O3S. The third kappa shape index (κ3) is 4.90. The number of hydrogen-bond acceptors (Lipinski definition) is 5. The van der Waals surface area contributed by atoms with Crippen LogP contribution in [0, 0.1) is 5.95 Å². The molecule has 5 rings (SSSR count). The third-order valence-electron chi connectivity index (χ3n) is 6.54. The van der Waals surface area contributed by atoms with Gasteiger partial charge in [0, 0.05) is 24.7 Å². The molecule has 0 spiro atoms. The van der Waals surface area contributed by atoms with Gasteiger partial charge in [-0.25, -0.2) is 13.4 Å². The molecule has 36 heavy (non-hydrogen) atoms. The number of hydrogen-bond donors (Lipinski definition) is 1. The monoisotopic (exact) mass is 521 g/mol. The van der Waals surface area contributed by atoms with Crippen molar-refractivity contribution in [3.63, 3.8) is 0 Å². The average Bonchev–Trinajstić information content (AvgIpc) is 3.27. The van der Waals surface area contributed by atoms with Crippen LogP contribution in [-0.2, 0) is 27.4 Å². The van der Waals surface area contributed by atoms with Crippen LogP contribution in [0.3, 0.4) is 0 Å². The number of nitrogens with one attached hydrogen (secondary N) is 1. The van der Waals surface area contributed by atoms with Gasteiger partial charge in [0.25, 0.3) is 10.0 Å². The van der Waals surface area contributed by atoms with Crippen molar-refractivity contribution in [1.82, 2.24) is 4.98 Å². The van der Waals surface area contributed by atoms with Crippen LogP contribution < -0.4 is 9.62 Å². The lowest BCUT2D eigenvalue weighted by Gasteiger charge is -2.32. The fourth-order valence-electron chi connectivity index (χ4n) is 4.84. The summed E-state index contributed by atoms with van der Waals surface area (Å²) < 4.78 is 87.2. The summed E-state index contributed by atoms with van der Waals surface area (Å²) in [6.07, 6.45) is -3.24. The van der Waals surface area contributed by atoms with E-state index in [1.165, 1.54) is 30.3 Å². The first-order chi connectivity index (χ1) is 17.1. The lowest BCUT2D eigenvalue weighted by atomic mass is 9.90. The molecule has 0 bridgehead atoms. The third-order valence-corrected chi connectivity index (χ3v) is 7.89. The standard InChI is InChI=1S/C25H23F4N3O3S/c26-23-2-1-3-24(30-23)31-36(33,34)18-6-9-19-16(14-18)4-7-20(19)21-8-5-17(25(27,28)29)15-22(21)32-10-12-35-13-11-32/h1-3,5-6,8-9,14-15,20H,4,7,10-13H2,(H,30,31)/t20-/m1/s1. The minimum absolute atomic E-state index is 0.00813. The van der Waals surface area contributed by atoms with Gasteiger partial charge in [0.05, 0.1) is 23.7 Å². The summed E-state index contributed by atoms with van der Waals surface area (Å²) in [4.78, 5) is 5.46. The van der Waals surface area contributed by atoms with E-state index < -0.39 is 27.7 Å². The Morgan fingerprint density at radius 3 is 2.47 bits per heavy atom. The van der Waals surface area contributed by atoms with Crippen LogP contribution in [0.1, 0.15) is 34.6 Å². The van der Waals surface area contributed by atoms with Gasteiger partial charge in [0.1, 0.15) is 5.82 Å². The second-order valence-corrected chi connectivity index (χ2v) is 10.5. The van der Waals surface area contributed by atoms with E-state index in [0.717, 1.165) is 28.8 Å². The van der Waals surface area contributed by atoms with Crippen LogP contribution in [0.15, 0.2) is 59.5 Å². The molecule has 11 heteroatoms. The zero-order chi connectivity index (χ0) is 25.5. The van der Waals surface area contributed by atoms with E-state index in [1.54, 1.807) is 12.1 Å². The fraction of sp³-hybridized carbons (Fsp3) is 0.320. The molecule has 190 valence electrons. The number of ether oxygens (including phenoxy) is 1. The molecule has 1 aliphatic heterocycles. The highest BCUT2D eigenvalue weighted by atomic mass is 32.2. The molecule has 2 heterocycles. The zero-order valence-corrected chi connectivity index (χ0v) is 19.9. The molecule has 1 fully saturated rings. The predicted octanol–water partition coefficient (Wildman–Crippen LogP) is 4.96. The molecule has 0 unspecified atom stereocenters. The number of rotatable bonds is 5. The maximum absolute atomic E-state index is 13.5. The van der Waals surface area contributed by atoms with Gasteiger partial charge in [-0.2, -0.15) is 17.6 Å². The van der Waals surface area contributed by atoms with E-state index >= 15 is 0 Å². The van der Waals surface area contributed by atoms with Crippen molar-refractivity contribution < 1.29 is 30.7 Å². The van der Waals surface area contributed by atoms with Crippen LogP contribution >= 0.6 is 0 Å². The zero-order valence-electron chi connectivity index (χ0n) is 19.1. The Balaban J connectivity index is 1.48. The van der Waals surface area contributed by atoms with Crippen LogP contribution in [-0.4, -0.2) is 39.7 Å². The minimum Gasteiger partial charge on any atom is -0.378 e. The highest BCUT2D eigenvalue weighted by Gasteiger charge is 2.34. The summed E-state index contributed by atoms with van der Waals surface area (Å²) in [5.74, 6) is -1.11. The van der Waals surface area contributed by atoms with Gasteiger partial charge in [0.2, 0.25) is 5.95 Å². The van der Waals surface area contributed by atoms with Crippen molar-refractivity contribution in [3.8, 4) is 0 Å². The molecule has 1 atom stereocenters. The first-order valence-corrected chi connectivity index (χ1v) is 12.9. The Hall–Kier alpha value is -3.18. The molecule has 1 aromatic heterocycles. The molecule has 3 aromatic rings. The molecule has 6 nitrogen and oxygen atoms in total. The summed E-state index contributed by atoms with van der Waals surface area (Å²) in [5.41, 5.74) is 2.29. The summed E-state index contributed by atoms with van der Waals surface area (Å²) in [5, 5.41) is 0. The number of nitrogens with zero attached hydrogens (tertiary/aromatic N) is 2. The first kappa shape index (κ1) is 24.5. The first-order valence-electron chi connectivity index (χ1n) is 11.4. The molecule has 0 amide bonds. The Kier molecular flexibility index (Phi) is 6.37. The number of pyridine rings is 1. The predicted molar refractivity (Wildman–Crippen MR) is 126 cm³/mol. The largest absolute Gasteiger partial charge is 0.416 e. The number of sulfonamides is 1. The van der Waals surface area contributed by atoms with E-state index in [2.05, 4.69) is 9.71 Å². The number of halogens is 4. The van der Waals surface area contributed by atoms with E-state index in [9.17, 15) is 26.0 Å². The molecule has 2 aliphatic rings.